The summed E-state index contributed by atoms with van der Waals surface area (Å²) < 4.78 is 1.96. The zero-order valence-corrected chi connectivity index (χ0v) is 13.8. The number of nitro groups is 1. The quantitative estimate of drug-likeness (QED) is 0.494. The van der Waals surface area contributed by atoms with Crippen molar-refractivity contribution < 1.29 is 9.72 Å². The number of carbonyl (C=O) groups is 1. The molecule has 0 bridgehead atoms. The highest BCUT2D eigenvalue weighted by atomic mass is 32.2. The number of rotatable bonds is 6. The van der Waals surface area contributed by atoms with Gasteiger partial charge in [0.2, 0.25) is 5.91 Å². The topological polar surface area (TPSA) is 103 Å². The van der Waals surface area contributed by atoms with Gasteiger partial charge in [0.15, 0.2) is 5.16 Å². The maximum absolute atomic E-state index is 12.0. The summed E-state index contributed by atoms with van der Waals surface area (Å²) in [6, 6.07) is 5.91. The van der Waals surface area contributed by atoms with Crippen LogP contribution >= 0.6 is 11.8 Å². The zero-order valence-electron chi connectivity index (χ0n) is 13.0. The number of nitro benzene ring substituents is 1. The second kappa shape index (κ2) is 7.23. The number of benzene rings is 1. The van der Waals surface area contributed by atoms with E-state index in [0.717, 1.165) is 5.82 Å². The highest BCUT2D eigenvalue weighted by molar-refractivity contribution is 7.99. The van der Waals surface area contributed by atoms with E-state index in [1.165, 1.54) is 36.0 Å². The number of aryl methyl sites for hydroxylation is 1. The van der Waals surface area contributed by atoms with Crippen LogP contribution in [0.2, 0.25) is 0 Å². The Kier molecular flexibility index (Phi) is 5.32. The zero-order chi connectivity index (χ0) is 17.0. The Hall–Kier alpha value is -2.42. The second-order valence-corrected chi connectivity index (χ2v) is 6.08. The smallest absolute Gasteiger partial charge is 0.269 e. The van der Waals surface area contributed by atoms with Gasteiger partial charge in [0.05, 0.1) is 10.7 Å². The molecule has 2 rings (SSSR count). The Labute approximate surface area is 137 Å². The molecule has 0 unspecified atom stereocenters. The van der Waals surface area contributed by atoms with Gasteiger partial charge in [0, 0.05) is 23.9 Å². The van der Waals surface area contributed by atoms with Crippen LogP contribution in [0.25, 0.3) is 0 Å². The minimum Gasteiger partial charge on any atom is -0.325 e. The Balaban J connectivity index is 1.94. The van der Waals surface area contributed by atoms with Crippen LogP contribution in [0.1, 0.15) is 25.7 Å². The summed E-state index contributed by atoms with van der Waals surface area (Å²) in [5.74, 6) is 0.778. The predicted molar refractivity (Wildman–Crippen MR) is 87.6 cm³/mol. The van der Waals surface area contributed by atoms with E-state index in [1.807, 2.05) is 25.3 Å². The number of anilines is 1. The van der Waals surface area contributed by atoms with E-state index >= 15 is 0 Å². The molecule has 9 heteroatoms. The van der Waals surface area contributed by atoms with Gasteiger partial charge in [0.25, 0.3) is 5.69 Å². The third-order valence-electron chi connectivity index (χ3n) is 3.05. The standard InChI is InChI=1S/C14H17N5O3S/c1-9(2)18-10(3)16-17-14(18)23-8-13(20)15-11-4-6-12(7-5-11)19(21)22/h4-7,9H,8H2,1-3H3,(H,15,20). The summed E-state index contributed by atoms with van der Waals surface area (Å²) in [6.45, 7) is 5.92. The maximum Gasteiger partial charge on any atom is 0.269 e. The van der Waals surface area contributed by atoms with Crippen LogP contribution in [0.5, 0.6) is 0 Å². The first-order chi connectivity index (χ1) is 10.9. The van der Waals surface area contributed by atoms with Gasteiger partial charge in [0.1, 0.15) is 5.82 Å². The Morgan fingerprint density at radius 1 is 1.35 bits per heavy atom. The van der Waals surface area contributed by atoms with Crippen molar-refractivity contribution in [2.24, 2.45) is 0 Å². The minimum atomic E-state index is -0.484. The highest BCUT2D eigenvalue weighted by Gasteiger charge is 2.14. The van der Waals surface area contributed by atoms with E-state index in [0.29, 0.717) is 10.8 Å². The number of carbonyl (C=O) groups excluding carboxylic acids is 1. The molecule has 1 N–H and O–H groups in total. The molecular formula is C14H17N5O3S. The average molecular weight is 335 g/mol. The van der Waals surface area contributed by atoms with Crippen molar-refractivity contribution in [2.45, 2.75) is 32.0 Å². The van der Waals surface area contributed by atoms with Crippen LogP contribution in [-0.2, 0) is 4.79 Å². The molecular weight excluding hydrogens is 318 g/mol. The number of thioether (sulfide) groups is 1. The first kappa shape index (κ1) is 16.9. The summed E-state index contributed by atoms with van der Waals surface area (Å²) in [7, 11) is 0. The Bertz CT molecular complexity index is 712. The molecule has 0 radical (unpaired) electrons. The van der Waals surface area contributed by atoms with Crippen molar-refractivity contribution >= 4 is 29.0 Å². The van der Waals surface area contributed by atoms with E-state index in [4.69, 9.17) is 0 Å². The van der Waals surface area contributed by atoms with Crippen LogP contribution in [0.4, 0.5) is 11.4 Å². The van der Waals surface area contributed by atoms with E-state index < -0.39 is 4.92 Å². The van der Waals surface area contributed by atoms with Gasteiger partial charge in [-0.15, -0.1) is 10.2 Å². The molecule has 0 aliphatic carbocycles. The number of nitrogens with zero attached hydrogens (tertiary/aromatic N) is 4. The monoisotopic (exact) mass is 335 g/mol. The molecule has 1 heterocycles. The summed E-state index contributed by atoms with van der Waals surface area (Å²) in [4.78, 5) is 22.1. The fourth-order valence-electron chi connectivity index (χ4n) is 2.04. The lowest BCUT2D eigenvalue weighted by atomic mass is 10.3. The van der Waals surface area contributed by atoms with Gasteiger partial charge in [-0.3, -0.25) is 14.9 Å². The molecule has 1 amide bonds. The largest absolute Gasteiger partial charge is 0.325 e. The lowest BCUT2D eigenvalue weighted by molar-refractivity contribution is -0.384. The maximum atomic E-state index is 12.0. The average Bonchev–Trinajstić information content (AvgIpc) is 2.86. The van der Waals surface area contributed by atoms with Crippen LogP contribution in [-0.4, -0.2) is 31.3 Å². The van der Waals surface area contributed by atoms with Crippen molar-refractivity contribution in [1.29, 1.82) is 0 Å². The molecule has 0 aliphatic rings. The van der Waals surface area contributed by atoms with E-state index in [-0.39, 0.29) is 23.4 Å². The lowest BCUT2D eigenvalue weighted by Crippen LogP contribution is -2.15. The molecule has 0 fully saturated rings. The van der Waals surface area contributed by atoms with Crippen molar-refractivity contribution in [3.63, 3.8) is 0 Å². The van der Waals surface area contributed by atoms with Crippen LogP contribution in [0, 0.1) is 17.0 Å². The van der Waals surface area contributed by atoms with Gasteiger partial charge >= 0.3 is 0 Å². The van der Waals surface area contributed by atoms with Crippen LogP contribution < -0.4 is 5.32 Å². The number of non-ortho nitro benzene ring substituents is 1. The Morgan fingerprint density at radius 2 is 2.00 bits per heavy atom. The number of amides is 1. The number of hydrogen-bond donors (Lipinski definition) is 1. The van der Waals surface area contributed by atoms with Crippen molar-refractivity contribution in [1.82, 2.24) is 14.8 Å². The first-order valence-corrected chi connectivity index (χ1v) is 7.95. The molecule has 0 saturated heterocycles. The highest BCUT2D eigenvalue weighted by Crippen LogP contribution is 2.21. The SMILES string of the molecule is Cc1nnc(SCC(=O)Nc2ccc([N+](=O)[O-])cc2)n1C(C)C. The van der Waals surface area contributed by atoms with Gasteiger partial charge in [-0.05, 0) is 32.9 Å². The molecule has 122 valence electrons. The summed E-state index contributed by atoms with van der Waals surface area (Å²) in [5.41, 5.74) is 0.501. The molecule has 0 atom stereocenters. The molecule has 0 aliphatic heterocycles. The number of hydrogen-bond acceptors (Lipinski definition) is 6. The molecule has 0 spiro atoms. The van der Waals surface area contributed by atoms with E-state index in [2.05, 4.69) is 15.5 Å². The molecule has 0 saturated carbocycles. The number of aromatic nitrogens is 3. The third-order valence-corrected chi connectivity index (χ3v) is 3.99. The van der Waals surface area contributed by atoms with Crippen molar-refractivity contribution in [2.75, 3.05) is 11.1 Å². The lowest BCUT2D eigenvalue weighted by Gasteiger charge is -2.11. The normalized spacial score (nSPS) is 10.8. The molecule has 1 aromatic heterocycles. The van der Waals surface area contributed by atoms with Gasteiger partial charge in [-0.2, -0.15) is 0 Å². The fraction of sp³-hybridized carbons (Fsp3) is 0.357. The van der Waals surface area contributed by atoms with Crippen molar-refractivity contribution in [3.05, 3.63) is 40.2 Å². The summed E-state index contributed by atoms with van der Waals surface area (Å²) in [6.07, 6.45) is 0. The third kappa shape index (κ3) is 4.28. The van der Waals surface area contributed by atoms with Gasteiger partial charge in [-0.1, -0.05) is 11.8 Å². The van der Waals surface area contributed by atoms with E-state index in [1.54, 1.807) is 0 Å². The van der Waals surface area contributed by atoms with Crippen LogP contribution in [0.15, 0.2) is 29.4 Å². The van der Waals surface area contributed by atoms with Gasteiger partial charge in [-0.25, -0.2) is 0 Å². The summed E-state index contributed by atoms with van der Waals surface area (Å²) >= 11 is 1.30. The second-order valence-electron chi connectivity index (χ2n) is 5.13. The molecule has 2 aromatic rings. The van der Waals surface area contributed by atoms with Gasteiger partial charge < -0.3 is 9.88 Å². The van der Waals surface area contributed by atoms with Crippen molar-refractivity contribution in [3.8, 4) is 0 Å². The summed E-state index contributed by atoms with van der Waals surface area (Å²) in [5, 5.41) is 22.1. The molecule has 8 nitrogen and oxygen atoms in total. The molecule has 23 heavy (non-hydrogen) atoms. The van der Waals surface area contributed by atoms with Crippen LogP contribution in [0.3, 0.4) is 0 Å². The molecule has 1 aromatic carbocycles. The Morgan fingerprint density at radius 3 is 2.57 bits per heavy atom. The predicted octanol–water partition coefficient (Wildman–Crippen LogP) is 2.81. The first-order valence-electron chi connectivity index (χ1n) is 6.97. The number of nitrogens with one attached hydrogen (secondary N) is 1. The fourth-order valence-corrected chi connectivity index (χ4v) is 2.95. The van der Waals surface area contributed by atoms with E-state index in [9.17, 15) is 14.9 Å². The minimum absolute atomic E-state index is 0.0158.